The minimum Gasteiger partial charge on any atom is -0.497 e. The van der Waals surface area contributed by atoms with Gasteiger partial charge in [0.05, 0.1) is 24.6 Å². The van der Waals surface area contributed by atoms with Crippen molar-refractivity contribution in [3.05, 3.63) is 59.7 Å². The molecule has 0 bridgehead atoms. The lowest BCUT2D eigenvalue weighted by atomic mass is 10.0. The van der Waals surface area contributed by atoms with Gasteiger partial charge in [0.15, 0.2) is 0 Å². The number of hydrogen-bond donors (Lipinski definition) is 1. The normalized spacial score (nSPS) is 12.9. The van der Waals surface area contributed by atoms with Crippen molar-refractivity contribution in [3.63, 3.8) is 0 Å². The van der Waals surface area contributed by atoms with Crippen LogP contribution in [0.4, 0.5) is 18.9 Å². The number of benzene rings is 2. The number of ether oxygens (including phenoxy) is 1. The van der Waals surface area contributed by atoms with Gasteiger partial charge in [-0.15, -0.1) is 0 Å². The first-order valence-electron chi connectivity index (χ1n) is 12.9. The lowest BCUT2D eigenvalue weighted by molar-refractivity contribution is -0.142. The van der Waals surface area contributed by atoms with E-state index in [9.17, 15) is 31.2 Å². The number of rotatable bonds is 12. The van der Waals surface area contributed by atoms with E-state index in [4.69, 9.17) is 4.74 Å². The van der Waals surface area contributed by atoms with Crippen molar-refractivity contribution in [3.8, 4) is 5.75 Å². The largest absolute Gasteiger partial charge is 0.497 e. The Hall–Kier alpha value is -3.28. The highest BCUT2D eigenvalue weighted by Crippen LogP contribution is 2.32. The summed E-state index contributed by atoms with van der Waals surface area (Å²) < 4.78 is 70.6. The monoisotopic (exact) mass is 585 g/mol. The molecule has 0 spiro atoms. The third-order valence-electron chi connectivity index (χ3n) is 6.01. The second-order valence-electron chi connectivity index (χ2n) is 10.5. The summed E-state index contributed by atoms with van der Waals surface area (Å²) in [5.74, 6) is -0.0718. The number of carbonyl (C=O) groups is 2. The molecule has 0 aliphatic carbocycles. The van der Waals surface area contributed by atoms with E-state index in [0.717, 1.165) is 34.3 Å². The van der Waals surface area contributed by atoms with Crippen molar-refractivity contribution < 1.29 is 35.9 Å². The standard InChI is InChI=1S/C28H38F3N3O5S/c1-7-24(26(36)32-27(2,3)4)33(19-20-13-15-23(39-5)16-14-20)25(35)12-9-17-34(40(6,37)38)22-11-8-10-21(18-22)28(29,30)31/h8,10-11,13-16,18,24H,7,9,12,17,19H2,1-6H3,(H,32,36)/t24-/m0/s1. The van der Waals surface area contributed by atoms with Crippen molar-refractivity contribution in [1.29, 1.82) is 0 Å². The van der Waals surface area contributed by atoms with Gasteiger partial charge in [0.1, 0.15) is 11.8 Å². The topological polar surface area (TPSA) is 96.0 Å². The quantitative estimate of drug-likeness (QED) is 0.379. The molecule has 0 heterocycles. The molecule has 2 rings (SSSR count). The minimum atomic E-state index is -4.64. The number of sulfonamides is 1. The smallest absolute Gasteiger partial charge is 0.416 e. The lowest BCUT2D eigenvalue weighted by Crippen LogP contribution is -2.53. The van der Waals surface area contributed by atoms with Crippen molar-refractivity contribution in [2.45, 2.75) is 71.3 Å². The second-order valence-corrected chi connectivity index (χ2v) is 12.4. The van der Waals surface area contributed by atoms with E-state index in [1.54, 1.807) is 31.2 Å². The fourth-order valence-electron chi connectivity index (χ4n) is 4.14. The van der Waals surface area contributed by atoms with Crippen LogP contribution in [0.15, 0.2) is 48.5 Å². The number of alkyl halides is 3. The molecule has 1 atom stereocenters. The van der Waals surface area contributed by atoms with E-state index >= 15 is 0 Å². The van der Waals surface area contributed by atoms with Crippen LogP contribution >= 0.6 is 0 Å². The van der Waals surface area contributed by atoms with Crippen molar-refractivity contribution >= 4 is 27.5 Å². The van der Waals surface area contributed by atoms with Crippen molar-refractivity contribution in [2.75, 3.05) is 24.2 Å². The summed E-state index contributed by atoms with van der Waals surface area (Å²) in [4.78, 5) is 28.1. The minimum absolute atomic E-state index is 0.0264. The Labute approximate surface area is 234 Å². The van der Waals surface area contributed by atoms with E-state index in [1.807, 2.05) is 20.8 Å². The van der Waals surface area contributed by atoms with Crippen LogP contribution in [-0.4, -0.2) is 56.6 Å². The summed E-state index contributed by atoms with van der Waals surface area (Å²) in [7, 11) is -2.41. The van der Waals surface area contributed by atoms with E-state index < -0.39 is 33.3 Å². The van der Waals surface area contributed by atoms with Crippen LogP contribution in [0.25, 0.3) is 0 Å². The van der Waals surface area contributed by atoms with Crippen molar-refractivity contribution in [1.82, 2.24) is 10.2 Å². The van der Waals surface area contributed by atoms with Crippen LogP contribution in [0, 0.1) is 0 Å². The molecule has 0 radical (unpaired) electrons. The Bertz CT molecular complexity index is 1260. The maximum absolute atomic E-state index is 13.5. The third kappa shape index (κ3) is 9.72. The number of hydrogen-bond acceptors (Lipinski definition) is 5. The maximum Gasteiger partial charge on any atom is 0.416 e. The molecule has 2 aromatic rings. The van der Waals surface area contributed by atoms with Crippen molar-refractivity contribution in [2.24, 2.45) is 0 Å². The van der Waals surface area contributed by atoms with E-state index in [1.165, 1.54) is 18.1 Å². The zero-order chi connectivity index (χ0) is 30.3. The third-order valence-corrected chi connectivity index (χ3v) is 7.20. The summed E-state index contributed by atoms with van der Waals surface area (Å²) in [6.45, 7) is 7.21. The van der Waals surface area contributed by atoms with Gasteiger partial charge in [-0.05, 0) is 69.5 Å². The van der Waals surface area contributed by atoms with E-state index in [2.05, 4.69) is 5.32 Å². The molecule has 0 aliphatic heterocycles. The number of carbonyl (C=O) groups excluding carboxylic acids is 2. The molecule has 222 valence electrons. The average molecular weight is 586 g/mol. The van der Waals surface area contributed by atoms with Gasteiger partial charge in [0, 0.05) is 25.0 Å². The first-order chi connectivity index (χ1) is 18.5. The molecular weight excluding hydrogens is 547 g/mol. The predicted octanol–water partition coefficient (Wildman–Crippen LogP) is 4.98. The van der Waals surface area contributed by atoms with Gasteiger partial charge in [0.25, 0.3) is 0 Å². The zero-order valence-corrected chi connectivity index (χ0v) is 24.5. The molecule has 0 unspecified atom stereocenters. The highest BCUT2D eigenvalue weighted by molar-refractivity contribution is 7.92. The Morgan fingerprint density at radius 3 is 2.17 bits per heavy atom. The molecule has 0 fully saturated rings. The summed E-state index contributed by atoms with van der Waals surface area (Å²) in [6, 6.07) is 10.3. The molecule has 8 nitrogen and oxygen atoms in total. The molecule has 0 saturated carbocycles. The average Bonchev–Trinajstić information content (AvgIpc) is 2.84. The maximum atomic E-state index is 13.5. The fourth-order valence-corrected chi connectivity index (χ4v) is 5.10. The van der Waals surface area contributed by atoms with Gasteiger partial charge in [-0.25, -0.2) is 8.42 Å². The van der Waals surface area contributed by atoms with Gasteiger partial charge in [0.2, 0.25) is 21.8 Å². The van der Waals surface area contributed by atoms with Gasteiger partial charge >= 0.3 is 6.18 Å². The lowest BCUT2D eigenvalue weighted by Gasteiger charge is -2.33. The summed E-state index contributed by atoms with van der Waals surface area (Å²) in [5, 5.41) is 2.91. The number of amides is 2. The number of nitrogens with zero attached hydrogens (tertiary/aromatic N) is 2. The molecule has 12 heteroatoms. The molecular formula is C28H38F3N3O5S. The Kier molecular flexibility index (Phi) is 11.0. The highest BCUT2D eigenvalue weighted by Gasteiger charge is 2.33. The van der Waals surface area contributed by atoms with Gasteiger partial charge in [-0.3, -0.25) is 13.9 Å². The number of methoxy groups -OCH3 is 1. The first kappa shape index (κ1) is 32.9. The van der Waals surface area contributed by atoms with E-state index in [0.29, 0.717) is 12.2 Å². The van der Waals surface area contributed by atoms with Crippen LogP contribution in [0.2, 0.25) is 0 Å². The fraction of sp³-hybridized carbons (Fsp3) is 0.500. The Balaban J connectivity index is 2.28. The molecule has 1 N–H and O–H groups in total. The molecule has 0 aromatic heterocycles. The molecule has 40 heavy (non-hydrogen) atoms. The number of anilines is 1. The van der Waals surface area contributed by atoms with Gasteiger partial charge < -0.3 is 15.0 Å². The predicted molar refractivity (Wildman–Crippen MR) is 148 cm³/mol. The Morgan fingerprint density at radius 1 is 1.05 bits per heavy atom. The number of nitrogens with one attached hydrogen (secondary N) is 1. The summed E-state index contributed by atoms with van der Waals surface area (Å²) in [5.41, 5.74) is -0.884. The SMILES string of the molecule is CC[C@@H](C(=O)NC(C)(C)C)N(Cc1ccc(OC)cc1)C(=O)CCCN(c1cccc(C(F)(F)F)c1)S(C)(=O)=O. The van der Waals surface area contributed by atoms with Crippen LogP contribution in [-0.2, 0) is 32.3 Å². The van der Waals surface area contributed by atoms with E-state index in [-0.39, 0.29) is 43.4 Å². The zero-order valence-electron chi connectivity index (χ0n) is 23.7. The summed E-state index contributed by atoms with van der Waals surface area (Å²) in [6.07, 6.45) is -3.50. The van der Waals surface area contributed by atoms with Crippen LogP contribution in [0.5, 0.6) is 5.75 Å². The molecule has 0 aliphatic rings. The molecule has 2 amide bonds. The van der Waals surface area contributed by atoms with Crippen LogP contribution in [0.1, 0.15) is 58.1 Å². The second kappa shape index (κ2) is 13.4. The highest BCUT2D eigenvalue weighted by atomic mass is 32.2. The molecule has 2 aromatic carbocycles. The van der Waals surface area contributed by atoms with Gasteiger partial charge in [-0.2, -0.15) is 13.2 Å². The van der Waals surface area contributed by atoms with Gasteiger partial charge in [-0.1, -0.05) is 25.1 Å². The Morgan fingerprint density at radius 2 is 1.68 bits per heavy atom. The van der Waals surface area contributed by atoms with Crippen LogP contribution in [0.3, 0.4) is 0 Å². The van der Waals surface area contributed by atoms with Crippen LogP contribution < -0.4 is 14.4 Å². The first-order valence-corrected chi connectivity index (χ1v) is 14.7. The number of halogens is 3. The summed E-state index contributed by atoms with van der Waals surface area (Å²) >= 11 is 0. The molecule has 0 saturated heterocycles.